The van der Waals surface area contributed by atoms with Crippen molar-refractivity contribution >= 4 is 17.9 Å². The molecular formula is C44H43N3O12. The number of methoxy groups -OCH3 is 1. The molecule has 59 heavy (non-hydrogen) atoms. The lowest BCUT2D eigenvalue weighted by Gasteiger charge is -2.44. The average Bonchev–Trinajstić information content (AvgIpc) is 3.94. The van der Waals surface area contributed by atoms with Gasteiger partial charge in [-0.3, -0.25) is 0 Å². The summed E-state index contributed by atoms with van der Waals surface area (Å²) in [5.41, 5.74) is 2.08. The molecule has 3 aliphatic heterocycles. The molecule has 15 nitrogen and oxygen atoms in total. The van der Waals surface area contributed by atoms with Crippen LogP contribution in [-0.4, -0.2) is 95.0 Å². The van der Waals surface area contributed by atoms with Gasteiger partial charge in [-0.15, -0.1) is 5.10 Å². The van der Waals surface area contributed by atoms with E-state index in [1.165, 1.54) is 18.0 Å². The summed E-state index contributed by atoms with van der Waals surface area (Å²) >= 11 is 0. The van der Waals surface area contributed by atoms with Crippen LogP contribution in [0.4, 0.5) is 0 Å². The third-order valence-electron chi connectivity index (χ3n) is 10.1. The quantitative estimate of drug-likeness (QED) is 0.109. The van der Waals surface area contributed by atoms with Crippen molar-refractivity contribution in [2.45, 2.75) is 88.1 Å². The van der Waals surface area contributed by atoms with Crippen LogP contribution in [-0.2, 0) is 55.8 Å². The fourth-order valence-electron chi connectivity index (χ4n) is 7.38. The molecule has 9 atom stereocenters. The fourth-order valence-corrected chi connectivity index (χ4v) is 7.38. The summed E-state index contributed by atoms with van der Waals surface area (Å²) < 4.78 is 57.6. The standard InChI is InChI=1S/C44H43N3O12/c1-44(2)58-38-35(52-26-27-16-8-4-9-17-27)33(57-43(38)59-44)31-24-45-46-47(31)25-32-34(54-39(48)28-18-10-5-11-19-28)36(55-40(49)29-20-12-6-13-21-29)37(42(51-3)53-32)56-41(50)30-22-14-7-15-23-30/h4-24,32-38,42-43H,25-26H2,1-3H3/t32-,33-,34-,35+,36+,37-,38-,42+,43-/m1/s1. The topological polar surface area (TPSA) is 165 Å². The van der Waals surface area contributed by atoms with Crippen LogP contribution in [0.1, 0.15) is 62.3 Å². The minimum atomic E-state index is -1.45. The molecule has 0 amide bonds. The zero-order valence-electron chi connectivity index (χ0n) is 32.5. The van der Waals surface area contributed by atoms with Crippen LogP contribution in [0.3, 0.4) is 0 Å². The van der Waals surface area contributed by atoms with E-state index in [1.807, 2.05) is 30.3 Å². The number of carbonyl (C=O) groups excluding carboxylic acids is 3. The number of rotatable bonds is 13. The van der Waals surface area contributed by atoms with E-state index < -0.39 is 79.0 Å². The Labute approximate surface area is 340 Å². The zero-order valence-corrected chi connectivity index (χ0v) is 32.5. The predicted molar refractivity (Wildman–Crippen MR) is 205 cm³/mol. The van der Waals surface area contributed by atoms with Gasteiger partial charge in [-0.1, -0.05) is 90.1 Å². The van der Waals surface area contributed by atoms with Gasteiger partial charge in [0.1, 0.15) is 24.4 Å². The molecule has 3 fully saturated rings. The van der Waals surface area contributed by atoms with E-state index in [0.717, 1.165) is 5.56 Å². The highest BCUT2D eigenvalue weighted by Crippen LogP contribution is 2.45. The van der Waals surface area contributed by atoms with Crippen LogP contribution in [0, 0.1) is 0 Å². The monoisotopic (exact) mass is 805 g/mol. The van der Waals surface area contributed by atoms with Gasteiger partial charge in [-0.2, -0.15) is 0 Å². The Kier molecular flexibility index (Phi) is 11.9. The lowest BCUT2D eigenvalue weighted by Crippen LogP contribution is -2.62. The molecule has 0 N–H and O–H groups in total. The first-order valence-corrected chi connectivity index (χ1v) is 19.2. The summed E-state index contributed by atoms with van der Waals surface area (Å²) in [4.78, 5) is 41.3. The Morgan fingerprint density at radius 3 is 1.75 bits per heavy atom. The van der Waals surface area contributed by atoms with Gasteiger partial charge in [0.15, 0.2) is 36.7 Å². The highest BCUT2D eigenvalue weighted by atomic mass is 16.8. The van der Waals surface area contributed by atoms with Crippen molar-refractivity contribution in [2.75, 3.05) is 7.11 Å². The van der Waals surface area contributed by atoms with Crippen LogP contribution in [0.15, 0.2) is 128 Å². The second-order valence-electron chi connectivity index (χ2n) is 14.6. The molecule has 0 saturated carbocycles. The lowest BCUT2D eigenvalue weighted by atomic mass is 9.97. The largest absolute Gasteiger partial charge is 0.452 e. The molecule has 15 heteroatoms. The molecule has 0 radical (unpaired) electrons. The van der Waals surface area contributed by atoms with Crippen LogP contribution in [0.5, 0.6) is 0 Å². The van der Waals surface area contributed by atoms with Crippen molar-refractivity contribution < 1.29 is 57.0 Å². The molecule has 4 aromatic carbocycles. The first-order valence-electron chi connectivity index (χ1n) is 19.2. The molecule has 0 bridgehead atoms. The molecule has 1 aromatic heterocycles. The summed E-state index contributed by atoms with van der Waals surface area (Å²) in [5.74, 6) is -3.17. The molecule has 8 rings (SSSR count). The van der Waals surface area contributed by atoms with E-state index in [1.54, 1.807) is 105 Å². The minimum absolute atomic E-state index is 0.130. The lowest BCUT2D eigenvalue weighted by molar-refractivity contribution is -0.290. The van der Waals surface area contributed by atoms with E-state index in [0.29, 0.717) is 5.69 Å². The Balaban J connectivity index is 1.14. The van der Waals surface area contributed by atoms with Gasteiger partial charge in [-0.05, 0) is 55.8 Å². The Morgan fingerprint density at radius 2 is 1.19 bits per heavy atom. The van der Waals surface area contributed by atoms with Crippen LogP contribution in [0.25, 0.3) is 0 Å². The molecule has 4 heterocycles. The van der Waals surface area contributed by atoms with E-state index in [-0.39, 0.29) is 29.8 Å². The summed E-state index contributed by atoms with van der Waals surface area (Å²) in [6.07, 6.45) is -7.96. The summed E-state index contributed by atoms with van der Waals surface area (Å²) in [6.45, 7) is 3.74. The van der Waals surface area contributed by atoms with Gasteiger partial charge in [0.2, 0.25) is 0 Å². The number of hydrogen-bond acceptors (Lipinski definition) is 14. The molecule has 0 spiro atoms. The molecule has 3 aliphatic rings. The van der Waals surface area contributed by atoms with Gasteiger partial charge >= 0.3 is 17.9 Å². The Bertz CT molecular complexity index is 2190. The second kappa shape index (κ2) is 17.6. The van der Waals surface area contributed by atoms with Gasteiger partial charge in [-0.25, -0.2) is 19.1 Å². The van der Waals surface area contributed by atoms with Gasteiger partial charge in [0, 0.05) is 7.11 Å². The van der Waals surface area contributed by atoms with Crippen LogP contribution < -0.4 is 0 Å². The minimum Gasteiger partial charge on any atom is -0.452 e. The number of benzene rings is 4. The van der Waals surface area contributed by atoms with Crippen molar-refractivity contribution in [3.8, 4) is 0 Å². The number of hydrogen-bond donors (Lipinski definition) is 0. The molecule has 5 aromatic rings. The summed E-state index contributed by atoms with van der Waals surface area (Å²) in [6, 6.07) is 34.5. The predicted octanol–water partition coefficient (Wildman–Crippen LogP) is 5.46. The van der Waals surface area contributed by atoms with Crippen molar-refractivity contribution in [1.82, 2.24) is 15.0 Å². The molecule has 0 aliphatic carbocycles. The maximum absolute atomic E-state index is 13.9. The number of aromatic nitrogens is 3. The van der Waals surface area contributed by atoms with Crippen molar-refractivity contribution in [2.24, 2.45) is 0 Å². The SMILES string of the molecule is CO[C@H]1O[C@H](Cn2nncc2[C@H]2O[C@@H]3OC(C)(C)O[C@@H]3[C@H]2OCc2ccccc2)[C@@H](OC(=O)c2ccccc2)[C@H](OC(=O)c2ccccc2)[C@H]1OC(=O)c1ccccc1. The van der Waals surface area contributed by atoms with Gasteiger partial charge in [0.05, 0.1) is 41.7 Å². The number of fused-ring (bicyclic) bond motifs is 1. The van der Waals surface area contributed by atoms with Gasteiger partial charge < -0.3 is 42.6 Å². The number of carbonyl (C=O) groups is 3. The second-order valence-corrected chi connectivity index (χ2v) is 14.6. The van der Waals surface area contributed by atoms with Crippen LogP contribution >= 0.6 is 0 Å². The molecule has 3 saturated heterocycles. The maximum atomic E-state index is 13.9. The van der Waals surface area contributed by atoms with Crippen molar-refractivity contribution in [3.05, 3.63) is 155 Å². The van der Waals surface area contributed by atoms with Crippen molar-refractivity contribution in [3.63, 3.8) is 0 Å². The van der Waals surface area contributed by atoms with E-state index in [2.05, 4.69) is 10.3 Å². The molecule has 306 valence electrons. The smallest absolute Gasteiger partial charge is 0.338 e. The number of nitrogens with zero attached hydrogens (tertiary/aromatic N) is 3. The van der Waals surface area contributed by atoms with E-state index >= 15 is 0 Å². The molecular weight excluding hydrogens is 762 g/mol. The van der Waals surface area contributed by atoms with Crippen molar-refractivity contribution in [1.29, 1.82) is 0 Å². The van der Waals surface area contributed by atoms with Gasteiger partial charge in [0.25, 0.3) is 0 Å². The molecule has 0 unspecified atom stereocenters. The highest BCUT2D eigenvalue weighted by molar-refractivity contribution is 5.91. The Morgan fingerprint density at radius 1 is 0.661 bits per heavy atom. The zero-order chi connectivity index (χ0) is 40.9. The highest BCUT2D eigenvalue weighted by Gasteiger charge is 2.57. The first-order chi connectivity index (χ1) is 28.7. The van der Waals surface area contributed by atoms with Crippen LogP contribution in [0.2, 0.25) is 0 Å². The van der Waals surface area contributed by atoms with E-state index in [4.69, 9.17) is 42.6 Å². The normalized spacial score (nSPS) is 27.1. The average molecular weight is 806 g/mol. The third-order valence-corrected chi connectivity index (χ3v) is 10.1. The summed E-state index contributed by atoms with van der Waals surface area (Å²) in [5, 5.41) is 8.61. The number of esters is 3. The fraction of sp³-hybridized carbons (Fsp3) is 0.341. The summed E-state index contributed by atoms with van der Waals surface area (Å²) in [7, 11) is 1.36. The third kappa shape index (κ3) is 8.95. The maximum Gasteiger partial charge on any atom is 0.338 e. The van der Waals surface area contributed by atoms with E-state index in [9.17, 15) is 14.4 Å². The first kappa shape index (κ1) is 40.0. The Hall–Kier alpha value is -5.81. The number of ether oxygens (including phenoxy) is 9.